The average molecular weight is 233 g/mol. The van der Waals surface area contributed by atoms with Crippen molar-refractivity contribution in [2.45, 2.75) is 13.0 Å². The van der Waals surface area contributed by atoms with Gasteiger partial charge in [0, 0.05) is 38.9 Å². The molecule has 0 radical (unpaired) electrons. The molecule has 0 fully saturated rings. The van der Waals surface area contributed by atoms with Crippen LogP contribution in [0, 0.1) is 11.3 Å². The number of nitriles is 1. The molecule has 4 nitrogen and oxygen atoms in total. The van der Waals surface area contributed by atoms with Crippen LogP contribution < -0.4 is 5.73 Å². The molecule has 92 valence electrons. The van der Waals surface area contributed by atoms with Gasteiger partial charge in [-0.15, -0.1) is 0 Å². The van der Waals surface area contributed by atoms with Crippen LogP contribution >= 0.6 is 0 Å². The van der Waals surface area contributed by atoms with Crippen molar-refractivity contribution in [3.05, 3.63) is 29.8 Å². The lowest BCUT2D eigenvalue weighted by molar-refractivity contribution is 0.145. The molecule has 0 atom stereocenters. The number of nitrogen functional groups attached to an aromatic ring is 1. The van der Waals surface area contributed by atoms with E-state index < -0.39 is 0 Å². The summed E-state index contributed by atoms with van der Waals surface area (Å²) in [6.07, 6.45) is 0.534. The highest BCUT2D eigenvalue weighted by atomic mass is 16.5. The molecule has 17 heavy (non-hydrogen) atoms. The summed E-state index contributed by atoms with van der Waals surface area (Å²) in [6.45, 7) is 3.06. The minimum absolute atomic E-state index is 0.534. The summed E-state index contributed by atoms with van der Waals surface area (Å²) in [4.78, 5) is 2.20. The molecule has 1 aromatic rings. The van der Waals surface area contributed by atoms with E-state index in [4.69, 9.17) is 15.7 Å². The van der Waals surface area contributed by atoms with Gasteiger partial charge in [-0.25, -0.2) is 0 Å². The number of ether oxygens (including phenoxy) is 1. The number of rotatable bonds is 7. The van der Waals surface area contributed by atoms with Crippen LogP contribution in [-0.4, -0.2) is 31.7 Å². The van der Waals surface area contributed by atoms with Crippen molar-refractivity contribution in [3.8, 4) is 6.07 Å². The first-order chi connectivity index (χ1) is 8.26. The predicted molar refractivity (Wildman–Crippen MR) is 68.2 cm³/mol. The quantitative estimate of drug-likeness (QED) is 0.727. The van der Waals surface area contributed by atoms with Crippen molar-refractivity contribution >= 4 is 5.69 Å². The molecular weight excluding hydrogens is 214 g/mol. The zero-order chi connectivity index (χ0) is 12.5. The van der Waals surface area contributed by atoms with Gasteiger partial charge < -0.3 is 10.5 Å². The van der Waals surface area contributed by atoms with Gasteiger partial charge in [0.1, 0.15) is 0 Å². The average Bonchev–Trinajstić information content (AvgIpc) is 2.32. The van der Waals surface area contributed by atoms with E-state index in [-0.39, 0.29) is 0 Å². The molecule has 0 saturated carbocycles. The lowest BCUT2D eigenvalue weighted by Crippen LogP contribution is -2.28. The number of nitrogens with two attached hydrogens (primary N) is 1. The second kappa shape index (κ2) is 7.66. The Labute approximate surface area is 103 Å². The third kappa shape index (κ3) is 5.34. The normalized spacial score (nSPS) is 10.4. The summed E-state index contributed by atoms with van der Waals surface area (Å²) in [5.41, 5.74) is 7.68. The van der Waals surface area contributed by atoms with Crippen molar-refractivity contribution < 1.29 is 4.74 Å². The lowest BCUT2D eigenvalue weighted by Gasteiger charge is -2.20. The van der Waals surface area contributed by atoms with Crippen molar-refractivity contribution in [1.29, 1.82) is 5.26 Å². The maximum Gasteiger partial charge on any atom is 0.0635 e. The van der Waals surface area contributed by atoms with E-state index in [1.165, 1.54) is 5.56 Å². The minimum atomic E-state index is 0.534. The van der Waals surface area contributed by atoms with E-state index in [0.29, 0.717) is 13.0 Å². The Morgan fingerprint density at radius 1 is 1.41 bits per heavy atom. The number of nitrogens with zero attached hydrogens (tertiary/aromatic N) is 2. The predicted octanol–water partition coefficient (Wildman–Crippen LogP) is 1.63. The number of hydrogen-bond acceptors (Lipinski definition) is 4. The minimum Gasteiger partial charge on any atom is -0.399 e. The molecule has 1 aromatic carbocycles. The fourth-order valence-corrected chi connectivity index (χ4v) is 1.65. The Kier molecular flexibility index (Phi) is 6.08. The molecule has 2 N–H and O–H groups in total. The van der Waals surface area contributed by atoms with Gasteiger partial charge in [-0.2, -0.15) is 5.26 Å². The van der Waals surface area contributed by atoms with Gasteiger partial charge in [-0.1, -0.05) is 12.1 Å². The highest BCUT2D eigenvalue weighted by molar-refractivity contribution is 5.40. The molecule has 0 aromatic heterocycles. The Bertz CT molecular complexity index is 373. The molecule has 0 unspecified atom stereocenters. The van der Waals surface area contributed by atoms with Crippen LogP contribution in [0.25, 0.3) is 0 Å². The van der Waals surface area contributed by atoms with Crippen LogP contribution in [0.15, 0.2) is 24.3 Å². The van der Waals surface area contributed by atoms with Crippen molar-refractivity contribution in [1.82, 2.24) is 4.90 Å². The van der Waals surface area contributed by atoms with Crippen molar-refractivity contribution in [2.75, 3.05) is 32.5 Å². The summed E-state index contributed by atoms with van der Waals surface area (Å²) in [5, 5.41) is 8.62. The van der Waals surface area contributed by atoms with Gasteiger partial charge in [-0.3, -0.25) is 4.90 Å². The molecular formula is C13H19N3O. The van der Waals surface area contributed by atoms with E-state index >= 15 is 0 Å². The number of anilines is 1. The molecule has 0 aliphatic rings. The summed E-state index contributed by atoms with van der Waals surface area (Å²) >= 11 is 0. The maximum absolute atomic E-state index is 8.62. The maximum atomic E-state index is 8.62. The molecule has 0 aliphatic heterocycles. The molecule has 0 bridgehead atoms. The van der Waals surface area contributed by atoms with Gasteiger partial charge in [0.2, 0.25) is 0 Å². The van der Waals surface area contributed by atoms with Crippen LogP contribution in [-0.2, 0) is 11.3 Å². The van der Waals surface area contributed by atoms with Crippen LogP contribution in [0.4, 0.5) is 5.69 Å². The first-order valence-corrected chi connectivity index (χ1v) is 5.69. The van der Waals surface area contributed by atoms with Crippen LogP contribution in [0.5, 0.6) is 0 Å². The summed E-state index contributed by atoms with van der Waals surface area (Å²) in [6, 6.07) is 9.99. The monoisotopic (exact) mass is 233 g/mol. The van der Waals surface area contributed by atoms with E-state index in [1.54, 1.807) is 7.11 Å². The summed E-state index contributed by atoms with van der Waals surface area (Å²) in [7, 11) is 1.68. The van der Waals surface area contributed by atoms with Gasteiger partial charge in [0.25, 0.3) is 0 Å². The first-order valence-electron chi connectivity index (χ1n) is 5.69. The zero-order valence-electron chi connectivity index (χ0n) is 10.2. The second-order valence-corrected chi connectivity index (χ2v) is 3.92. The van der Waals surface area contributed by atoms with Gasteiger partial charge >= 0.3 is 0 Å². The van der Waals surface area contributed by atoms with Crippen molar-refractivity contribution in [3.63, 3.8) is 0 Å². The number of hydrogen-bond donors (Lipinski definition) is 1. The molecule has 1 rings (SSSR count). The smallest absolute Gasteiger partial charge is 0.0635 e. The summed E-state index contributed by atoms with van der Waals surface area (Å²) in [5.74, 6) is 0. The van der Waals surface area contributed by atoms with E-state index in [0.717, 1.165) is 25.3 Å². The number of benzene rings is 1. The fourth-order valence-electron chi connectivity index (χ4n) is 1.65. The summed E-state index contributed by atoms with van der Waals surface area (Å²) < 4.78 is 5.06. The lowest BCUT2D eigenvalue weighted by atomic mass is 10.2. The molecule has 0 saturated heterocycles. The Hall–Kier alpha value is -1.57. The third-order valence-corrected chi connectivity index (χ3v) is 2.51. The number of methoxy groups -OCH3 is 1. The molecule has 4 heteroatoms. The molecule has 0 heterocycles. The van der Waals surface area contributed by atoms with Gasteiger partial charge in [0.05, 0.1) is 12.7 Å². The molecule has 0 aliphatic carbocycles. The van der Waals surface area contributed by atoms with E-state index in [2.05, 4.69) is 11.0 Å². The van der Waals surface area contributed by atoms with Gasteiger partial charge in [0.15, 0.2) is 0 Å². The highest BCUT2D eigenvalue weighted by Crippen LogP contribution is 2.09. The van der Waals surface area contributed by atoms with Crippen LogP contribution in [0.2, 0.25) is 0 Å². The standard InChI is InChI=1S/C13H19N3O/c1-17-9-8-16(7-3-6-14)11-12-4-2-5-13(15)10-12/h2,4-5,10H,3,7-9,11,15H2,1H3. The Morgan fingerprint density at radius 2 is 2.24 bits per heavy atom. The highest BCUT2D eigenvalue weighted by Gasteiger charge is 2.05. The first kappa shape index (κ1) is 13.5. The zero-order valence-corrected chi connectivity index (χ0v) is 10.2. The largest absolute Gasteiger partial charge is 0.399 e. The Balaban J connectivity index is 2.55. The van der Waals surface area contributed by atoms with Crippen LogP contribution in [0.1, 0.15) is 12.0 Å². The topological polar surface area (TPSA) is 62.3 Å². The van der Waals surface area contributed by atoms with E-state index in [1.807, 2.05) is 24.3 Å². The van der Waals surface area contributed by atoms with Crippen LogP contribution in [0.3, 0.4) is 0 Å². The fraction of sp³-hybridized carbons (Fsp3) is 0.462. The third-order valence-electron chi connectivity index (χ3n) is 2.51. The second-order valence-electron chi connectivity index (χ2n) is 3.92. The molecule has 0 amide bonds. The molecule has 0 spiro atoms. The van der Waals surface area contributed by atoms with E-state index in [9.17, 15) is 0 Å². The Morgan fingerprint density at radius 3 is 2.88 bits per heavy atom. The SMILES string of the molecule is COCCN(CCC#N)Cc1cccc(N)c1. The van der Waals surface area contributed by atoms with Gasteiger partial charge in [-0.05, 0) is 17.7 Å². The van der Waals surface area contributed by atoms with Crippen molar-refractivity contribution in [2.24, 2.45) is 0 Å².